The molecule has 0 aromatic heterocycles. The Balaban J connectivity index is 1.27. The minimum atomic E-state index is -1.72. The standard InChI is InChI=1S/C66H116O25/c1-6-10-14-18-22-26-30-34-48(67)79-38-43-52(71)56(75)63(84-43)90-60-54(73)45(40-81-50(69)36-32-28-24-20-16-12-8-3)86-65(60)83-42-47-59(58(77)62(78-5)88-47)89-66-61(55(74)46(87-66)41-82-51(70)37-33-29-25-21-17-13-9-4)91-64-57(76)53(72)44(85-64)39-80-49(68)35-31-27-23-19-15-11-7-2/h43-47,52-66,71-77H,6-42H2,1-5H3/t43-,44-,45-,46-,47-,52-,53-,54-,55-,56+,57+,58+,59-,60+,61+,62+,63+,64+,65+,66-/m1/s1. The summed E-state index contributed by atoms with van der Waals surface area (Å²) >= 11 is 0. The summed E-state index contributed by atoms with van der Waals surface area (Å²) in [4.78, 5) is 51.3. The van der Waals surface area contributed by atoms with Gasteiger partial charge in [0.25, 0.3) is 0 Å². The number of carbonyl (C=O) groups is 4. The van der Waals surface area contributed by atoms with Crippen molar-refractivity contribution in [3.05, 3.63) is 0 Å². The van der Waals surface area contributed by atoms with E-state index in [1.54, 1.807) is 0 Å². The number of rotatable bonds is 50. The smallest absolute Gasteiger partial charge is 0.305 e. The number of esters is 4. The molecule has 25 heteroatoms. The summed E-state index contributed by atoms with van der Waals surface area (Å²) in [5.74, 6) is -2.04. The minimum Gasteiger partial charge on any atom is -0.463 e. The normalized spacial score (nSPS) is 32.2. The van der Waals surface area contributed by atoms with Crippen LogP contribution in [0, 0.1) is 0 Å². The second-order valence-electron chi connectivity index (χ2n) is 25.2. The van der Waals surface area contributed by atoms with Gasteiger partial charge in [-0.2, -0.15) is 0 Å². The van der Waals surface area contributed by atoms with E-state index in [2.05, 4.69) is 27.7 Å². The molecule has 25 nitrogen and oxygen atoms in total. The molecule has 5 saturated heterocycles. The molecule has 0 spiro atoms. The molecule has 0 radical (unpaired) electrons. The quantitative estimate of drug-likeness (QED) is 0.0189. The molecule has 0 aromatic rings. The van der Waals surface area contributed by atoms with Gasteiger partial charge in [0.1, 0.15) is 118 Å². The van der Waals surface area contributed by atoms with Crippen molar-refractivity contribution < 1.29 is 121 Å². The van der Waals surface area contributed by atoms with Gasteiger partial charge in [0.2, 0.25) is 0 Å². The molecule has 0 amide bonds. The predicted molar refractivity (Wildman–Crippen MR) is 327 cm³/mol. The van der Waals surface area contributed by atoms with E-state index in [1.807, 2.05) is 0 Å². The van der Waals surface area contributed by atoms with Crippen molar-refractivity contribution in [2.45, 2.75) is 356 Å². The fourth-order valence-corrected chi connectivity index (χ4v) is 11.9. The zero-order valence-electron chi connectivity index (χ0n) is 55.2. The van der Waals surface area contributed by atoms with Crippen molar-refractivity contribution in [1.82, 2.24) is 0 Å². The van der Waals surface area contributed by atoms with Crippen LogP contribution in [-0.2, 0) is 85.5 Å². The van der Waals surface area contributed by atoms with Gasteiger partial charge in [-0.05, 0) is 25.7 Å². The van der Waals surface area contributed by atoms with Crippen LogP contribution >= 0.6 is 0 Å². The molecule has 530 valence electrons. The van der Waals surface area contributed by atoms with E-state index in [9.17, 15) is 54.9 Å². The molecule has 5 rings (SSSR count). The van der Waals surface area contributed by atoms with Crippen molar-refractivity contribution in [2.24, 2.45) is 0 Å². The number of unbranched alkanes of at least 4 members (excludes halogenated alkanes) is 24. The Morgan fingerprint density at radius 2 is 0.560 bits per heavy atom. The third-order valence-electron chi connectivity index (χ3n) is 17.6. The van der Waals surface area contributed by atoms with Crippen LogP contribution in [0.1, 0.15) is 233 Å². The summed E-state index contributed by atoms with van der Waals surface area (Å²) in [6.45, 7) is 6.36. The highest BCUT2D eigenvalue weighted by Gasteiger charge is 2.56. The Kier molecular flexibility index (Phi) is 38.9. The van der Waals surface area contributed by atoms with Gasteiger partial charge in [-0.15, -0.1) is 0 Å². The van der Waals surface area contributed by atoms with Crippen molar-refractivity contribution in [1.29, 1.82) is 0 Å². The molecule has 20 atom stereocenters. The third-order valence-corrected chi connectivity index (χ3v) is 17.6. The fraction of sp³-hybridized carbons (Fsp3) is 0.939. The number of methoxy groups -OCH3 is 1. The van der Waals surface area contributed by atoms with E-state index in [0.29, 0.717) is 25.7 Å². The summed E-state index contributed by atoms with van der Waals surface area (Å²) in [6, 6.07) is 0. The van der Waals surface area contributed by atoms with Crippen LogP contribution in [-0.4, -0.2) is 223 Å². The molecule has 0 aliphatic carbocycles. The fourth-order valence-electron chi connectivity index (χ4n) is 11.9. The largest absolute Gasteiger partial charge is 0.463 e. The highest BCUT2D eigenvalue weighted by Crippen LogP contribution is 2.37. The highest BCUT2D eigenvalue weighted by atomic mass is 16.8. The van der Waals surface area contributed by atoms with E-state index in [4.69, 9.17) is 66.3 Å². The van der Waals surface area contributed by atoms with Crippen molar-refractivity contribution >= 4 is 23.9 Å². The van der Waals surface area contributed by atoms with Crippen LogP contribution in [0.3, 0.4) is 0 Å². The Hall–Kier alpha value is -2.80. The highest BCUT2D eigenvalue weighted by molar-refractivity contribution is 5.70. The van der Waals surface area contributed by atoms with Crippen LogP contribution in [0.4, 0.5) is 0 Å². The average molecular weight is 1310 g/mol. The lowest BCUT2D eigenvalue weighted by atomic mass is 10.1. The van der Waals surface area contributed by atoms with Crippen LogP contribution in [0.2, 0.25) is 0 Å². The summed E-state index contributed by atoms with van der Waals surface area (Å²) in [6.07, 6.45) is -1.69. The summed E-state index contributed by atoms with van der Waals surface area (Å²) in [7, 11) is 1.27. The zero-order valence-corrected chi connectivity index (χ0v) is 55.2. The van der Waals surface area contributed by atoms with E-state index in [0.717, 1.165) is 148 Å². The van der Waals surface area contributed by atoms with Gasteiger partial charge in [-0.3, -0.25) is 19.2 Å². The number of carbonyl (C=O) groups excluding carboxylic acids is 4. The van der Waals surface area contributed by atoms with Crippen molar-refractivity contribution in [3.8, 4) is 0 Å². The molecule has 5 aliphatic heterocycles. The van der Waals surface area contributed by atoms with Gasteiger partial charge in [0.15, 0.2) is 31.5 Å². The number of hydrogen-bond donors (Lipinski definition) is 7. The van der Waals surface area contributed by atoms with E-state index in [1.165, 1.54) is 13.5 Å². The number of aliphatic hydroxyl groups is 7. The molecule has 0 aromatic carbocycles. The first kappa shape index (κ1) is 78.9. The Morgan fingerprint density at radius 3 is 0.901 bits per heavy atom. The zero-order chi connectivity index (χ0) is 65.9. The average Bonchev–Trinajstić information content (AvgIpc) is 1.67. The molecule has 7 N–H and O–H groups in total. The SMILES string of the molecule is CCCCCCCCCC(=O)OC[C@H]1O[C@@H](O[C@@H]2[C@@H](OC[C@H]3O[C@H](OC)[C@@H](O)[C@@H]3O[C@H]3O[C@H](COC(=O)CCCCCCCCC)[C@@H](O)[C@@H]3O[C@@H]3O[C@H](COC(=O)CCCCCCCCC)[C@@H](O)[C@@H]3O)O[C@H](COC(=O)CCCCCCCCC)[C@H]2O)[C@@H](O)[C@@H]1O. The maximum absolute atomic E-state index is 13.0. The van der Waals surface area contributed by atoms with Gasteiger partial charge in [0, 0.05) is 32.8 Å². The first-order valence-electron chi connectivity index (χ1n) is 34.8. The molecule has 0 bridgehead atoms. The molecule has 91 heavy (non-hydrogen) atoms. The molecular formula is C66H116O25. The predicted octanol–water partition coefficient (Wildman–Crippen LogP) is 6.69. The summed E-state index contributed by atoms with van der Waals surface area (Å²) < 4.78 is 82.6. The molecule has 5 aliphatic rings. The monoisotopic (exact) mass is 1310 g/mol. The lowest BCUT2D eigenvalue weighted by molar-refractivity contribution is -0.270. The van der Waals surface area contributed by atoms with Gasteiger partial charge in [0.05, 0.1) is 6.61 Å². The number of ether oxygens (including phenoxy) is 14. The van der Waals surface area contributed by atoms with Crippen molar-refractivity contribution in [2.75, 3.05) is 40.1 Å². The van der Waals surface area contributed by atoms with Gasteiger partial charge in [-0.1, -0.05) is 182 Å². The number of aliphatic hydroxyl groups excluding tert-OH is 7. The first-order chi connectivity index (χ1) is 44.0. The van der Waals surface area contributed by atoms with Crippen LogP contribution in [0.15, 0.2) is 0 Å². The second-order valence-corrected chi connectivity index (χ2v) is 25.2. The molecule has 0 saturated carbocycles. The topological polar surface area (TPSA) is 339 Å². The summed E-state index contributed by atoms with van der Waals surface area (Å²) in [5.41, 5.74) is 0. The Morgan fingerprint density at radius 1 is 0.286 bits per heavy atom. The van der Waals surface area contributed by atoms with Crippen LogP contribution in [0.25, 0.3) is 0 Å². The Labute approximate surface area is 539 Å². The van der Waals surface area contributed by atoms with Crippen LogP contribution < -0.4 is 0 Å². The molecular weight excluding hydrogens is 1190 g/mol. The molecule has 5 heterocycles. The van der Waals surface area contributed by atoms with E-state index < -0.39 is 180 Å². The molecule has 0 unspecified atom stereocenters. The van der Waals surface area contributed by atoms with E-state index >= 15 is 0 Å². The summed E-state index contributed by atoms with van der Waals surface area (Å²) in [5, 5.41) is 80.0. The number of hydrogen-bond acceptors (Lipinski definition) is 25. The van der Waals surface area contributed by atoms with Gasteiger partial charge < -0.3 is 102 Å². The van der Waals surface area contributed by atoms with Gasteiger partial charge in [-0.25, -0.2) is 0 Å². The Bertz CT molecular complexity index is 1970. The first-order valence-corrected chi connectivity index (χ1v) is 34.8. The lowest BCUT2D eigenvalue weighted by Crippen LogP contribution is -2.47. The maximum Gasteiger partial charge on any atom is 0.305 e. The van der Waals surface area contributed by atoms with Crippen molar-refractivity contribution in [3.63, 3.8) is 0 Å². The minimum absolute atomic E-state index is 0.124. The molecule has 5 fully saturated rings. The maximum atomic E-state index is 13.0. The van der Waals surface area contributed by atoms with Gasteiger partial charge >= 0.3 is 23.9 Å². The lowest BCUT2D eigenvalue weighted by Gasteiger charge is -2.30. The van der Waals surface area contributed by atoms with Crippen LogP contribution in [0.5, 0.6) is 0 Å². The third kappa shape index (κ3) is 27.3. The van der Waals surface area contributed by atoms with E-state index in [-0.39, 0.29) is 25.7 Å². The second kappa shape index (κ2) is 44.8.